The average Bonchev–Trinajstić information content (AvgIpc) is 2.90. The fourth-order valence-corrected chi connectivity index (χ4v) is 1.82. The predicted octanol–water partition coefficient (Wildman–Crippen LogP) is 2.30. The predicted molar refractivity (Wildman–Crippen MR) is 73.5 cm³/mol. The summed E-state index contributed by atoms with van der Waals surface area (Å²) >= 11 is 0.995. The number of anilines is 1. The Hall–Kier alpha value is -2.35. The molecule has 1 N–H and O–H groups in total. The first-order chi connectivity index (χ1) is 9.70. The minimum Gasteiger partial charge on any atom is -0.461 e. The van der Waals surface area contributed by atoms with Crippen LogP contribution in [0.3, 0.4) is 0 Å². The van der Waals surface area contributed by atoms with Gasteiger partial charge < -0.3 is 4.74 Å². The molecule has 0 spiro atoms. The SMILES string of the molecule is CCOC(=O)c1nnsc1N/N=C\c1ccc(F)cc1. The Labute approximate surface area is 118 Å². The summed E-state index contributed by atoms with van der Waals surface area (Å²) in [7, 11) is 0. The highest BCUT2D eigenvalue weighted by molar-refractivity contribution is 7.10. The van der Waals surface area contributed by atoms with Crippen molar-refractivity contribution in [1.82, 2.24) is 9.59 Å². The van der Waals surface area contributed by atoms with Gasteiger partial charge in [0.2, 0.25) is 5.69 Å². The van der Waals surface area contributed by atoms with E-state index in [-0.39, 0.29) is 18.1 Å². The van der Waals surface area contributed by atoms with Gasteiger partial charge in [-0.1, -0.05) is 16.6 Å². The van der Waals surface area contributed by atoms with Crippen molar-refractivity contribution in [2.45, 2.75) is 6.92 Å². The van der Waals surface area contributed by atoms with Crippen LogP contribution in [-0.4, -0.2) is 28.4 Å². The molecule has 0 saturated carbocycles. The summed E-state index contributed by atoms with van der Waals surface area (Å²) in [6.45, 7) is 1.96. The van der Waals surface area contributed by atoms with Crippen molar-refractivity contribution in [2.75, 3.05) is 12.0 Å². The molecule has 0 radical (unpaired) electrons. The molecule has 1 aromatic heterocycles. The van der Waals surface area contributed by atoms with Crippen LogP contribution in [0.15, 0.2) is 29.4 Å². The van der Waals surface area contributed by atoms with Crippen LogP contribution in [0.4, 0.5) is 9.39 Å². The number of aromatic nitrogens is 2. The van der Waals surface area contributed by atoms with Crippen LogP contribution in [0, 0.1) is 5.82 Å². The summed E-state index contributed by atoms with van der Waals surface area (Å²) in [5, 5.41) is 8.01. The fraction of sp³-hybridized carbons (Fsp3) is 0.167. The number of benzene rings is 1. The van der Waals surface area contributed by atoms with E-state index < -0.39 is 5.97 Å². The molecule has 20 heavy (non-hydrogen) atoms. The Morgan fingerprint density at radius 3 is 2.95 bits per heavy atom. The van der Waals surface area contributed by atoms with E-state index in [1.54, 1.807) is 19.1 Å². The molecule has 1 aromatic carbocycles. The van der Waals surface area contributed by atoms with Crippen molar-refractivity contribution in [3.63, 3.8) is 0 Å². The highest BCUT2D eigenvalue weighted by atomic mass is 32.1. The number of rotatable bonds is 5. The average molecular weight is 294 g/mol. The maximum atomic E-state index is 12.7. The Kier molecular flexibility index (Phi) is 4.72. The lowest BCUT2D eigenvalue weighted by Crippen LogP contribution is -2.07. The van der Waals surface area contributed by atoms with Crippen molar-refractivity contribution < 1.29 is 13.9 Å². The first kappa shape index (κ1) is 14.1. The molecule has 0 aliphatic heterocycles. The molecule has 8 heteroatoms. The van der Waals surface area contributed by atoms with Gasteiger partial charge in [0.05, 0.1) is 12.8 Å². The maximum absolute atomic E-state index is 12.7. The van der Waals surface area contributed by atoms with Crippen molar-refractivity contribution in [3.05, 3.63) is 41.3 Å². The second-order valence-corrected chi connectivity index (χ2v) is 4.35. The van der Waals surface area contributed by atoms with E-state index in [2.05, 4.69) is 20.1 Å². The number of nitrogens with one attached hydrogen (secondary N) is 1. The van der Waals surface area contributed by atoms with Crippen molar-refractivity contribution in [2.24, 2.45) is 5.10 Å². The summed E-state index contributed by atoms with van der Waals surface area (Å²) in [5.74, 6) is -0.868. The zero-order valence-corrected chi connectivity index (χ0v) is 11.4. The maximum Gasteiger partial charge on any atom is 0.362 e. The Morgan fingerprint density at radius 2 is 2.25 bits per heavy atom. The minimum atomic E-state index is -0.555. The van der Waals surface area contributed by atoms with Gasteiger partial charge in [0.1, 0.15) is 5.82 Å². The Morgan fingerprint density at radius 1 is 1.50 bits per heavy atom. The van der Waals surface area contributed by atoms with Crippen molar-refractivity contribution in [3.8, 4) is 0 Å². The minimum absolute atomic E-state index is 0.0908. The molecular weight excluding hydrogens is 283 g/mol. The lowest BCUT2D eigenvalue weighted by Gasteiger charge is -2.00. The largest absolute Gasteiger partial charge is 0.461 e. The van der Waals surface area contributed by atoms with E-state index in [0.29, 0.717) is 10.6 Å². The summed E-state index contributed by atoms with van der Waals surface area (Å²) in [6, 6.07) is 5.83. The summed E-state index contributed by atoms with van der Waals surface area (Å²) < 4.78 is 21.2. The number of nitrogens with zero attached hydrogens (tertiary/aromatic N) is 3. The fourth-order valence-electron chi connectivity index (χ4n) is 1.31. The van der Waals surface area contributed by atoms with Gasteiger partial charge in [-0.15, -0.1) is 5.10 Å². The van der Waals surface area contributed by atoms with Gasteiger partial charge >= 0.3 is 5.97 Å². The third-order valence-corrected chi connectivity index (χ3v) is 2.84. The second kappa shape index (κ2) is 6.71. The molecule has 2 rings (SSSR count). The molecule has 1 heterocycles. The quantitative estimate of drug-likeness (QED) is 0.520. The second-order valence-electron chi connectivity index (χ2n) is 3.59. The van der Waals surface area contributed by atoms with E-state index in [0.717, 1.165) is 11.5 Å². The molecule has 0 fully saturated rings. The standard InChI is InChI=1S/C12H11FN4O2S/c1-2-19-12(18)10-11(20-17-15-10)16-14-7-8-3-5-9(13)6-4-8/h3-7,16H,2H2,1H3/b14-7-. The highest BCUT2D eigenvalue weighted by Crippen LogP contribution is 2.18. The summed E-state index contributed by atoms with van der Waals surface area (Å²) in [4.78, 5) is 11.5. The van der Waals surface area contributed by atoms with E-state index >= 15 is 0 Å². The van der Waals surface area contributed by atoms with Crippen LogP contribution in [0.5, 0.6) is 0 Å². The lowest BCUT2D eigenvalue weighted by molar-refractivity contribution is 0.0520. The van der Waals surface area contributed by atoms with Gasteiger partial charge in [-0.05, 0) is 24.6 Å². The molecule has 0 aliphatic rings. The molecule has 0 bridgehead atoms. The van der Waals surface area contributed by atoms with Gasteiger partial charge in [-0.3, -0.25) is 5.43 Å². The third kappa shape index (κ3) is 3.58. The van der Waals surface area contributed by atoms with Gasteiger partial charge in [0.15, 0.2) is 5.00 Å². The number of hydrogen-bond acceptors (Lipinski definition) is 7. The van der Waals surface area contributed by atoms with Crippen LogP contribution in [0.2, 0.25) is 0 Å². The van der Waals surface area contributed by atoms with Gasteiger partial charge in [-0.25, -0.2) is 9.18 Å². The number of hydrogen-bond donors (Lipinski definition) is 1. The number of carbonyl (C=O) groups excluding carboxylic acids is 1. The summed E-state index contributed by atoms with van der Waals surface area (Å²) in [6.07, 6.45) is 1.49. The molecule has 6 nitrogen and oxygen atoms in total. The van der Waals surface area contributed by atoms with Crippen LogP contribution < -0.4 is 5.43 Å². The first-order valence-corrected chi connectivity index (χ1v) is 6.52. The molecule has 0 aliphatic carbocycles. The zero-order chi connectivity index (χ0) is 14.4. The van der Waals surface area contributed by atoms with Gasteiger partial charge in [0.25, 0.3) is 0 Å². The molecule has 0 atom stereocenters. The van der Waals surface area contributed by atoms with Crippen LogP contribution in [0.25, 0.3) is 0 Å². The molecule has 104 valence electrons. The normalized spacial score (nSPS) is 10.7. The number of hydrazone groups is 1. The highest BCUT2D eigenvalue weighted by Gasteiger charge is 2.17. The number of ether oxygens (including phenoxy) is 1. The smallest absolute Gasteiger partial charge is 0.362 e. The van der Waals surface area contributed by atoms with E-state index in [9.17, 15) is 9.18 Å². The zero-order valence-electron chi connectivity index (χ0n) is 10.5. The van der Waals surface area contributed by atoms with Crippen molar-refractivity contribution in [1.29, 1.82) is 0 Å². The van der Waals surface area contributed by atoms with E-state index in [4.69, 9.17) is 4.74 Å². The number of carbonyl (C=O) groups is 1. The van der Waals surface area contributed by atoms with Crippen LogP contribution >= 0.6 is 11.5 Å². The third-order valence-electron chi connectivity index (χ3n) is 2.21. The van der Waals surface area contributed by atoms with E-state index in [1.165, 1.54) is 18.3 Å². The summed E-state index contributed by atoms with van der Waals surface area (Å²) in [5.41, 5.74) is 3.47. The topological polar surface area (TPSA) is 76.5 Å². The molecule has 0 amide bonds. The molecule has 0 unspecified atom stereocenters. The molecule has 2 aromatic rings. The van der Waals surface area contributed by atoms with Crippen molar-refractivity contribution >= 4 is 28.7 Å². The lowest BCUT2D eigenvalue weighted by atomic mass is 10.2. The van der Waals surface area contributed by atoms with E-state index in [1.807, 2.05) is 0 Å². The number of esters is 1. The Bertz CT molecular complexity index is 612. The van der Waals surface area contributed by atoms with Crippen LogP contribution in [0.1, 0.15) is 23.0 Å². The number of halogens is 1. The molecular formula is C12H11FN4O2S. The monoisotopic (exact) mass is 294 g/mol. The molecule has 0 saturated heterocycles. The Balaban J connectivity index is 2.02. The van der Waals surface area contributed by atoms with Gasteiger partial charge in [0, 0.05) is 11.5 Å². The first-order valence-electron chi connectivity index (χ1n) is 5.75. The van der Waals surface area contributed by atoms with Crippen LogP contribution in [-0.2, 0) is 4.74 Å². The van der Waals surface area contributed by atoms with Gasteiger partial charge in [-0.2, -0.15) is 5.10 Å².